The number of rotatable bonds is 12. The minimum absolute atomic E-state index is 0.237. The molecule has 4 rings (SSSR count). The van der Waals surface area contributed by atoms with Crippen LogP contribution in [-0.4, -0.2) is 42.0 Å². The van der Waals surface area contributed by atoms with Gasteiger partial charge in [0.05, 0.1) is 5.70 Å². The van der Waals surface area contributed by atoms with E-state index < -0.39 is 12.0 Å². The molecule has 0 amide bonds. The summed E-state index contributed by atoms with van der Waals surface area (Å²) in [6.07, 6.45) is 9.10. The molecule has 5 N–H and O–H groups in total. The van der Waals surface area contributed by atoms with Gasteiger partial charge < -0.3 is 20.6 Å². The molecule has 1 atom stereocenters. The summed E-state index contributed by atoms with van der Waals surface area (Å²) in [6.45, 7) is 8.33. The van der Waals surface area contributed by atoms with E-state index in [0.717, 1.165) is 75.8 Å². The number of nitrogens with one attached hydrogen (secondary N) is 3. The average molecular weight is 521 g/mol. The van der Waals surface area contributed by atoms with E-state index in [0.29, 0.717) is 18.2 Å². The summed E-state index contributed by atoms with van der Waals surface area (Å²) < 4.78 is 0. The van der Waals surface area contributed by atoms with Gasteiger partial charge in [-0.05, 0) is 72.9 Å². The van der Waals surface area contributed by atoms with Gasteiger partial charge in [-0.15, -0.1) is 0 Å². The summed E-state index contributed by atoms with van der Waals surface area (Å²) in [4.78, 5) is 14.3. The summed E-state index contributed by atoms with van der Waals surface area (Å²) in [5.74, 6) is 0.188. The molecule has 1 heterocycles. The lowest BCUT2D eigenvalue weighted by atomic mass is 9.91. The van der Waals surface area contributed by atoms with Gasteiger partial charge in [-0.3, -0.25) is 15.5 Å². The fourth-order valence-electron chi connectivity index (χ4n) is 5.86. The summed E-state index contributed by atoms with van der Waals surface area (Å²) in [7, 11) is 0. The van der Waals surface area contributed by atoms with Gasteiger partial charge in [0, 0.05) is 31.9 Å². The van der Waals surface area contributed by atoms with Gasteiger partial charge in [-0.25, -0.2) is 0 Å². The molecular weight excluding hydrogens is 476 g/mol. The molecule has 0 spiro atoms. The average Bonchev–Trinajstić information content (AvgIpc) is 3.23. The summed E-state index contributed by atoms with van der Waals surface area (Å²) in [5.41, 5.74) is 7.10. The van der Waals surface area contributed by atoms with Crippen LogP contribution >= 0.6 is 0 Å². The van der Waals surface area contributed by atoms with Crippen LogP contribution in [0.4, 0.5) is 5.69 Å². The Morgan fingerprint density at radius 1 is 0.895 bits per heavy atom. The zero-order valence-electron chi connectivity index (χ0n) is 22.5. The first-order valence-corrected chi connectivity index (χ1v) is 14.2. The topological polar surface area (TPSA) is 96.9 Å². The molecule has 1 aliphatic carbocycles. The summed E-state index contributed by atoms with van der Waals surface area (Å²) in [5, 5.41) is 25.7. The highest BCUT2D eigenvalue weighted by Crippen LogP contribution is 2.26. The number of benzene rings is 2. The van der Waals surface area contributed by atoms with Gasteiger partial charge >= 0.3 is 5.97 Å². The Balaban J connectivity index is 1.16. The van der Waals surface area contributed by atoms with E-state index in [4.69, 9.17) is 5.21 Å². The van der Waals surface area contributed by atoms with Crippen molar-refractivity contribution in [1.29, 1.82) is 0 Å². The number of nitrogens with zero attached hydrogens (tertiary/aromatic N) is 1. The highest BCUT2D eigenvalue weighted by molar-refractivity contribution is 5.73. The zero-order valence-corrected chi connectivity index (χ0v) is 22.5. The fraction of sp³-hybridized carbons (Fsp3) is 0.516. The van der Waals surface area contributed by atoms with Crippen molar-refractivity contribution in [3.05, 3.63) is 71.8 Å². The lowest BCUT2D eigenvalue weighted by Gasteiger charge is -2.34. The number of hydroxylamine groups is 1. The first kappa shape index (κ1) is 28.1. The van der Waals surface area contributed by atoms with E-state index in [1.54, 1.807) is 0 Å². The smallest absolute Gasteiger partial charge is 0.320 e. The molecule has 1 saturated carbocycles. The maximum atomic E-state index is 11.9. The number of carboxylic acids is 1. The molecule has 2 fully saturated rings. The SMILES string of the molecule is C=C(NO)c1ccc(N2CCC(CNCc3ccc(CNC(C(=O)O)C4CCCCCC4)cc3)CC2)cc1. The van der Waals surface area contributed by atoms with Gasteiger partial charge in [0.2, 0.25) is 0 Å². The predicted octanol–water partition coefficient (Wildman–Crippen LogP) is 5.16. The van der Waals surface area contributed by atoms with Crippen LogP contribution in [0.25, 0.3) is 5.70 Å². The van der Waals surface area contributed by atoms with E-state index in [-0.39, 0.29) is 5.92 Å². The lowest BCUT2D eigenvalue weighted by Crippen LogP contribution is -2.42. The maximum absolute atomic E-state index is 11.9. The third kappa shape index (κ3) is 8.06. The Labute approximate surface area is 227 Å². The van der Waals surface area contributed by atoms with Gasteiger partial charge in [-0.2, -0.15) is 0 Å². The Morgan fingerprint density at radius 3 is 2.08 bits per heavy atom. The molecule has 2 aromatic carbocycles. The second-order valence-electron chi connectivity index (χ2n) is 11.0. The molecule has 0 aromatic heterocycles. The standard InChI is InChI=1S/C31H44N4O3/c1-23(34-38)27-12-14-29(15-13-27)35-18-16-26(17-19-35)21-32-20-24-8-10-25(11-9-24)22-33-30(31(36)37)28-6-4-2-3-5-7-28/h8-15,26,28,30,32-34,38H,1-7,16-22H2,(H,36,37). The second-order valence-corrected chi connectivity index (χ2v) is 11.0. The van der Waals surface area contributed by atoms with Crippen molar-refractivity contribution in [2.75, 3.05) is 24.5 Å². The van der Waals surface area contributed by atoms with Crippen molar-refractivity contribution in [3.63, 3.8) is 0 Å². The molecular formula is C31H44N4O3. The van der Waals surface area contributed by atoms with Gasteiger partial charge in [0.25, 0.3) is 0 Å². The van der Waals surface area contributed by atoms with Crippen LogP contribution in [0.15, 0.2) is 55.1 Å². The highest BCUT2D eigenvalue weighted by atomic mass is 16.5. The number of carboxylic acid groups (broad SMARTS) is 1. The van der Waals surface area contributed by atoms with Gasteiger partial charge in [0.15, 0.2) is 0 Å². The normalized spacial score (nSPS) is 18.1. The zero-order chi connectivity index (χ0) is 26.7. The van der Waals surface area contributed by atoms with E-state index in [1.807, 2.05) is 12.1 Å². The maximum Gasteiger partial charge on any atom is 0.320 e. The molecule has 2 aromatic rings. The second kappa shape index (κ2) is 14.3. The van der Waals surface area contributed by atoms with Crippen LogP contribution < -0.4 is 21.0 Å². The van der Waals surface area contributed by atoms with Crippen LogP contribution in [0.5, 0.6) is 0 Å². The van der Waals surface area contributed by atoms with Crippen LogP contribution in [-0.2, 0) is 17.9 Å². The predicted molar refractivity (Wildman–Crippen MR) is 153 cm³/mol. The minimum atomic E-state index is -0.719. The molecule has 1 aliphatic heterocycles. The number of aliphatic carboxylic acids is 1. The molecule has 38 heavy (non-hydrogen) atoms. The molecule has 7 nitrogen and oxygen atoms in total. The van der Waals surface area contributed by atoms with Crippen molar-refractivity contribution in [3.8, 4) is 0 Å². The number of carbonyl (C=O) groups is 1. The van der Waals surface area contributed by atoms with E-state index >= 15 is 0 Å². The first-order valence-electron chi connectivity index (χ1n) is 14.2. The molecule has 2 aliphatic rings. The van der Waals surface area contributed by atoms with Gasteiger partial charge in [0.1, 0.15) is 6.04 Å². The van der Waals surface area contributed by atoms with Crippen molar-refractivity contribution in [2.24, 2.45) is 11.8 Å². The third-order valence-electron chi connectivity index (χ3n) is 8.28. The largest absolute Gasteiger partial charge is 0.480 e. The molecule has 0 radical (unpaired) electrons. The number of hydrogen-bond acceptors (Lipinski definition) is 6. The Kier molecular flexibility index (Phi) is 10.6. The van der Waals surface area contributed by atoms with Crippen molar-refractivity contribution >= 4 is 17.4 Å². The van der Waals surface area contributed by atoms with Crippen LogP contribution in [0.1, 0.15) is 68.1 Å². The quantitative estimate of drug-likeness (QED) is 0.195. The summed E-state index contributed by atoms with van der Waals surface area (Å²) >= 11 is 0. The number of hydrogen-bond donors (Lipinski definition) is 5. The van der Waals surface area contributed by atoms with E-state index in [1.165, 1.54) is 24.1 Å². The van der Waals surface area contributed by atoms with Crippen LogP contribution in [0, 0.1) is 11.8 Å². The molecule has 1 unspecified atom stereocenters. The lowest BCUT2D eigenvalue weighted by molar-refractivity contribution is -0.141. The van der Waals surface area contributed by atoms with Crippen molar-refractivity contribution in [1.82, 2.24) is 16.1 Å². The molecule has 206 valence electrons. The Bertz CT molecular complexity index is 1010. The molecule has 7 heteroatoms. The van der Waals surface area contributed by atoms with Crippen molar-refractivity contribution < 1.29 is 15.1 Å². The Morgan fingerprint density at radius 2 is 1.50 bits per heavy atom. The minimum Gasteiger partial charge on any atom is -0.480 e. The van der Waals surface area contributed by atoms with Gasteiger partial charge in [-0.1, -0.05) is 68.7 Å². The first-order chi connectivity index (χ1) is 18.5. The molecule has 1 saturated heterocycles. The highest BCUT2D eigenvalue weighted by Gasteiger charge is 2.28. The van der Waals surface area contributed by atoms with E-state index in [2.05, 4.69) is 64.0 Å². The van der Waals surface area contributed by atoms with Crippen LogP contribution in [0.2, 0.25) is 0 Å². The van der Waals surface area contributed by atoms with E-state index in [9.17, 15) is 9.90 Å². The Hall–Kier alpha value is -2.87. The fourth-order valence-corrected chi connectivity index (χ4v) is 5.86. The molecule has 0 bridgehead atoms. The third-order valence-corrected chi connectivity index (χ3v) is 8.28. The number of anilines is 1. The van der Waals surface area contributed by atoms with Crippen LogP contribution in [0.3, 0.4) is 0 Å². The van der Waals surface area contributed by atoms with Crippen molar-refractivity contribution in [2.45, 2.75) is 70.5 Å². The monoisotopic (exact) mass is 520 g/mol. The summed E-state index contributed by atoms with van der Waals surface area (Å²) in [6, 6.07) is 16.2. The number of piperidine rings is 1.